The molecule has 0 spiro atoms. The van der Waals surface area contributed by atoms with E-state index in [1.54, 1.807) is 0 Å². The lowest BCUT2D eigenvalue weighted by atomic mass is 9.94. The van der Waals surface area contributed by atoms with Crippen LogP contribution in [0.2, 0.25) is 10.0 Å². The molecular formula is C14H12Cl2F2N2. The summed E-state index contributed by atoms with van der Waals surface area (Å²) in [6.07, 6.45) is 0. The van der Waals surface area contributed by atoms with Crippen LogP contribution in [0.25, 0.3) is 0 Å². The zero-order chi connectivity index (χ0) is 14.9. The third kappa shape index (κ3) is 3.10. The maximum Gasteiger partial charge on any atom is 0.129 e. The third-order valence-corrected chi connectivity index (χ3v) is 3.50. The summed E-state index contributed by atoms with van der Waals surface area (Å²) in [4.78, 5) is 0. The van der Waals surface area contributed by atoms with Gasteiger partial charge in [0.15, 0.2) is 0 Å². The van der Waals surface area contributed by atoms with Gasteiger partial charge in [-0.15, -0.1) is 0 Å². The van der Waals surface area contributed by atoms with Crippen LogP contribution in [0.5, 0.6) is 0 Å². The Bertz CT molecular complexity index is 579. The Labute approximate surface area is 125 Å². The minimum Gasteiger partial charge on any atom is -0.322 e. The van der Waals surface area contributed by atoms with Gasteiger partial charge in [-0.2, -0.15) is 0 Å². The van der Waals surface area contributed by atoms with E-state index in [9.17, 15) is 8.78 Å². The summed E-state index contributed by atoms with van der Waals surface area (Å²) in [6, 6.07) is 6.37. The van der Waals surface area contributed by atoms with Crippen molar-refractivity contribution in [3.05, 3.63) is 69.2 Å². The first-order chi connectivity index (χ1) is 9.40. The van der Waals surface area contributed by atoms with Gasteiger partial charge >= 0.3 is 0 Å². The van der Waals surface area contributed by atoms with Crippen LogP contribution in [-0.4, -0.2) is 0 Å². The molecule has 106 valence electrons. The van der Waals surface area contributed by atoms with Crippen molar-refractivity contribution in [2.45, 2.75) is 12.1 Å². The highest BCUT2D eigenvalue weighted by Gasteiger charge is 2.23. The average Bonchev–Trinajstić information content (AvgIpc) is 2.37. The fraction of sp³-hybridized carbons (Fsp3) is 0.143. The lowest BCUT2D eigenvalue weighted by molar-refractivity contribution is 0.502. The molecule has 2 aromatic rings. The van der Waals surface area contributed by atoms with Crippen molar-refractivity contribution in [2.75, 3.05) is 0 Å². The monoisotopic (exact) mass is 316 g/mol. The van der Waals surface area contributed by atoms with Gasteiger partial charge in [0, 0.05) is 21.2 Å². The number of halogens is 4. The second kappa shape index (κ2) is 6.06. The van der Waals surface area contributed by atoms with Crippen LogP contribution in [0.3, 0.4) is 0 Å². The van der Waals surface area contributed by atoms with Gasteiger partial charge in [0.25, 0.3) is 0 Å². The molecular weight excluding hydrogens is 305 g/mol. The molecule has 0 amide bonds. The van der Waals surface area contributed by atoms with Crippen LogP contribution >= 0.6 is 23.2 Å². The molecule has 0 aliphatic carbocycles. The standard InChI is InChI=1S/C14H12Cl2F2N2/c15-7-1-3-9(11(17)5-7)13(19)14(20)10-4-2-8(16)6-12(10)18/h1-6,13-14H,19-20H2. The molecule has 6 heteroatoms. The van der Waals surface area contributed by atoms with E-state index in [1.807, 2.05) is 0 Å². The Morgan fingerprint density at radius 3 is 1.40 bits per heavy atom. The molecule has 2 nitrogen and oxygen atoms in total. The zero-order valence-corrected chi connectivity index (χ0v) is 11.8. The van der Waals surface area contributed by atoms with Crippen molar-refractivity contribution in [3.8, 4) is 0 Å². The molecule has 2 rings (SSSR count). The van der Waals surface area contributed by atoms with Crippen LogP contribution in [-0.2, 0) is 0 Å². The highest BCUT2D eigenvalue weighted by atomic mass is 35.5. The molecule has 0 fully saturated rings. The van der Waals surface area contributed by atoms with Crippen molar-refractivity contribution < 1.29 is 8.78 Å². The first-order valence-corrected chi connectivity index (χ1v) is 6.57. The van der Waals surface area contributed by atoms with Crippen molar-refractivity contribution in [2.24, 2.45) is 11.5 Å². The lowest BCUT2D eigenvalue weighted by Gasteiger charge is -2.21. The van der Waals surface area contributed by atoms with Crippen molar-refractivity contribution in [1.82, 2.24) is 0 Å². The molecule has 0 radical (unpaired) electrons. The van der Waals surface area contributed by atoms with E-state index < -0.39 is 23.7 Å². The predicted molar refractivity (Wildman–Crippen MR) is 76.7 cm³/mol. The quantitative estimate of drug-likeness (QED) is 0.900. The average molecular weight is 317 g/mol. The smallest absolute Gasteiger partial charge is 0.129 e. The first-order valence-electron chi connectivity index (χ1n) is 5.81. The van der Waals surface area contributed by atoms with E-state index in [4.69, 9.17) is 34.7 Å². The lowest BCUT2D eigenvalue weighted by Crippen LogP contribution is -2.28. The predicted octanol–water partition coefficient (Wildman–Crippen LogP) is 3.97. The van der Waals surface area contributed by atoms with Crippen LogP contribution < -0.4 is 11.5 Å². The molecule has 0 saturated heterocycles. The minimum atomic E-state index is -0.900. The minimum absolute atomic E-state index is 0.177. The Balaban J connectivity index is 2.34. The van der Waals surface area contributed by atoms with E-state index in [2.05, 4.69) is 0 Å². The van der Waals surface area contributed by atoms with Crippen LogP contribution in [0.1, 0.15) is 23.2 Å². The van der Waals surface area contributed by atoms with Gasteiger partial charge in [0.1, 0.15) is 11.6 Å². The summed E-state index contributed by atoms with van der Waals surface area (Å²) in [5, 5.41) is 0.509. The van der Waals surface area contributed by atoms with E-state index in [1.165, 1.54) is 24.3 Å². The fourth-order valence-corrected chi connectivity index (χ4v) is 2.25. The van der Waals surface area contributed by atoms with Crippen molar-refractivity contribution in [3.63, 3.8) is 0 Å². The maximum atomic E-state index is 13.8. The molecule has 0 saturated carbocycles. The second-order valence-corrected chi connectivity index (χ2v) is 5.26. The molecule has 0 aromatic heterocycles. The molecule has 2 aromatic carbocycles. The van der Waals surface area contributed by atoms with Gasteiger partial charge in [-0.05, 0) is 24.3 Å². The third-order valence-electron chi connectivity index (χ3n) is 3.03. The second-order valence-electron chi connectivity index (χ2n) is 4.38. The van der Waals surface area contributed by atoms with Crippen LogP contribution in [0.15, 0.2) is 36.4 Å². The largest absolute Gasteiger partial charge is 0.322 e. The van der Waals surface area contributed by atoms with Gasteiger partial charge in [-0.25, -0.2) is 8.78 Å². The van der Waals surface area contributed by atoms with Gasteiger partial charge < -0.3 is 11.5 Å². The summed E-state index contributed by atoms with van der Waals surface area (Å²) in [5.41, 5.74) is 12.2. The Morgan fingerprint density at radius 1 is 0.750 bits per heavy atom. The zero-order valence-electron chi connectivity index (χ0n) is 10.3. The summed E-state index contributed by atoms with van der Waals surface area (Å²) >= 11 is 11.3. The molecule has 20 heavy (non-hydrogen) atoms. The number of benzene rings is 2. The Morgan fingerprint density at radius 2 is 1.10 bits per heavy atom. The molecule has 4 N–H and O–H groups in total. The summed E-state index contributed by atoms with van der Waals surface area (Å²) in [5.74, 6) is -1.15. The maximum absolute atomic E-state index is 13.8. The molecule has 2 unspecified atom stereocenters. The topological polar surface area (TPSA) is 52.0 Å². The number of nitrogens with two attached hydrogens (primary N) is 2. The van der Waals surface area contributed by atoms with E-state index in [-0.39, 0.29) is 21.2 Å². The summed E-state index contributed by atoms with van der Waals surface area (Å²) < 4.78 is 27.6. The van der Waals surface area contributed by atoms with E-state index in [0.29, 0.717) is 0 Å². The molecule has 0 heterocycles. The summed E-state index contributed by atoms with van der Waals surface area (Å²) in [7, 11) is 0. The van der Waals surface area contributed by atoms with Gasteiger partial charge in [-0.3, -0.25) is 0 Å². The first kappa shape index (κ1) is 15.2. The van der Waals surface area contributed by atoms with Gasteiger partial charge in [-0.1, -0.05) is 35.3 Å². The summed E-state index contributed by atoms with van der Waals surface area (Å²) in [6.45, 7) is 0. The molecule has 0 aliphatic heterocycles. The highest BCUT2D eigenvalue weighted by molar-refractivity contribution is 6.30. The number of hydrogen-bond donors (Lipinski definition) is 2. The molecule has 0 bridgehead atoms. The number of hydrogen-bond acceptors (Lipinski definition) is 2. The van der Waals surface area contributed by atoms with E-state index in [0.717, 1.165) is 12.1 Å². The Kier molecular flexibility index (Phi) is 4.60. The van der Waals surface area contributed by atoms with Crippen molar-refractivity contribution in [1.29, 1.82) is 0 Å². The van der Waals surface area contributed by atoms with Gasteiger partial charge in [0.05, 0.1) is 12.1 Å². The SMILES string of the molecule is NC(c1ccc(Cl)cc1F)C(N)c1ccc(Cl)cc1F. The Hall–Kier alpha value is -1.20. The van der Waals surface area contributed by atoms with E-state index >= 15 is 0 Å². The fourth-order valence-electron chi connectivity index (χ4n) is 1.93. The normalized spacial score (nSPS) is 14.1. The van der Waals surface area contributed by atoms with Gasteiger partial charge in [0.2, 0.25) is 0 Å². The molecule has 2 atom stereocenters. The number of rotatable bonds is 3. The van der Waals surface area contributed by atoms with Crippen LogP contribution in [0.4, 0.5) is 8.78 Å². The van der Waals surface area contributed by atoms with Crippen LogP contribution in [0, 0.1) is 11.6 Å². The molecule has 0 aliphatic rings. The van der Waals surface area contributed by atoms with Crippen molar-refractivity contribution >= 4 is 23.2 Å². The highest BCUT2D eigenvalue weighted by Crippen LogP contribution is 2.30.